The lowest BCUT2D eigenvalue weighted by Gasteiger charge is -2.18. The first-order valence-corrected chi connectivity index (χ1v) is 4.80. The second-order valence-electron chi connectivity index (χ2n) is 3.74. The summed E-state index contributed by atoms with van der Waals surface area (Å²) in [5.41, 5.74) is 0.205. The van der Waals surface area contributed by atoms with Gasteiger partial charge in [-0.1, -0.05) is 12.2 Å². The summed E-state index contributed by atoms with van der Waals surface area (Å²) in [6.07, 6.45) is 2.43. The monoisotopic (exact) mass is 187 g/mol. The van der Waals surface area contributed by atoms with Crippen LogP contribution in [-0.4, -0.2) is 35.7 Å². The topological polar surface area (TPSA) is 12.5 Å². The molecule has 0 bridgehead atoms. The lowest BCUT2D eigenvalue weighted by atomic mass is 10.4. The van der Waals surface area contributed by atoms with Crippen molar-refractivity contribution in [2.75, 3.05) is 20.2 Å². The van der Waals surface area contributed by atoms with Gasteiger partial charge < -0.3 is 9.64 Å². The summed E-state index contributed by atoms with van der Waals surface area (Å²) in [4.78, 5) is 2.97. The average molecular weight is 187 g/mol. The SMILES string of the molecule is CC(=S)N(C)CCOC1(C)CC1. The molecule has 0 radical (unpaired) electrons. The summed E-state index contributed by atoms with van der Waals surface area (Å²) in [5, 5.41) is 0. The molecule has 70 valence electrons. The van der Waals surface area contributed by atoms with E-state index in [1.54, 1.807) is 0 Å². The Labute approximate surface area is 79.9 Å². The molecule has 0 aliphatic heterocycles. The maximum atomic E-state index is 5.66. The van der Waals surface area contributed by atoms with Crippen molar-refractivity contribution in [2.24, 2.45) is 0 Å². The highest BCUT2D eigenvalue weighted by atomic mass is 32.1. The number of nitrogens with zero attached hydrogens (tertiary/aromatic N) is 1. The van der Waals surface area contributed by atoms with E-state index in [1.807, 2.05) is 18.9 Å². The third-order valence-electron chi connectivity index (χ3n) is 2.37. The zero-order valence-electron chi connectivity index (χ0n) is 8.09. The summed E-state index contributed by atoms with van der Waals surface area (Å²) in [7, 11) is 2.00. The molecule has 1 aliphatic rings. The van der Waals surface area contributed by atoms with Crippen LogP contribution in [0.2, 0.25) is 0 Å². The highest BCUT2D eigenvalue weighted by Gasteiger charge is 2.38. The summed E-state index contributed by atoms with van der Waals surface area (Å²) in [5.74, 6) is 0. The summed E-state index contributed by atoms with van der Waals surface area (Å²) in [6, 6.07) is 0. The van der Waals surface area contributed by atoms with Crippen LogP contribution >= 0.6 is 12.2 Å². The van der Waals surface area contributed by atoms with E-state index in [2.05, 4.69) is 6.92 Å². The quantitative estimate of drug-likeness (QED) is 0.623. The molecule has 0 aromatic carbocycles. The smallest absolute Gasteiger partial charge is 0.0746 e. The van der Waals surface area contributed by atoms with Gasteiger partial charge in [-0.2, -0.15) is 0 Å². The Bertz CT molecular complexity index is 177. The van der Waals surface area contributed by atoms with Gasteiger partial charge in [-0.15, -0.1) is 0 Å². The van der Waals surface area contributed by atoms with Gasteiger partial charge in [0.2, 0.25) is 0 Å². The van der Waals surface area contributed by atoms with Gasteiger partial charge in [0.15, 0.2) is 0 Å². The van der Waals surface area contributed by atoms with Gasteiger partial charge in [-0.3, -0.25) is 0 Å². The molecule has 0 N–H and O–H groups in total. The fourth-order valence-corrected chi connectivity index (χ4v) is 0.998. The molecule has 1 saturated carbocycles. The van der Waals surface area contributed by atoms with E-state index in [-0.39, 0.29) is 5.60 Å². The van der Waals surface area contributed by atoms with Crippen LogP contribution in [0.3, 0.4) is 0 Å². The largest absolute Gasteiger partial charge is 0.373 e. The van der Waals surface area contributed by atoms with Crippen LogP contribution in [0.5, 0.6) is 0 Å². The second-order valence-corrected chi connectivity index (χ2v) is 4.33. The minimum Gasteiger partial charge on any atom is -0.373 e. The molecular formula is C9H17NOS. The van der Waals surface area contributed by atoms with Crippen molar-refractivity contribution in [2.45, 2.75) is 32.3 Å². The van der Waals surface area contributed by atoms with E-state index in [0.29, 0.717) is 0 Å². The van der Waals surface area contributed by atoms with Gasteiger partial charge in [0.05, 0.1) is 17.2 Å². The van der Waals surface area contributed by atoms with Crippen molar-refractivity contribution in [3.05, 3.63) is 0 Å². The highest BCUT2D eigenvalue weighted by molar-refractivity contribution is 7.80. The Morgan fingerprint density at radius 2 is 2.17 bits per heavy atom. The van der Waals surface area contributed by atoms with E-state index in [9.17, 15) is 0 Å². The Kier molecular flexibility index (Phi) is 3.07. The van der Waals surface area contributed by atoms with Gasteiger partial charge in [0, 0.05) is 13.6 Å². The standard InChI is InChI=1S/C9H17NOS/c1-8(12)10(3)6-7-11-9(2)4-5-9/h4-7H2,1-3H3. The van der Waals surface area contributed by atoms with E-state index in [1.165, 1.54) is 12.8 Å². The normalized spacial score (nSPS) is 18.9. The molecule has 0 heterocycles. The highest BCUT2D eigenvalue weighted by Crippen LogP contribution is 2.38. The molecule has 0 unspecified atom stereocenters. The Morgan fingerprint density at radius 1 is 1.58 bits per heavy atom. The maximum absolute atomic E-state index is 5.66. The predicted octanol–water partition coefficient (Wildman–Crippen LogP) is 1.83. The number of hydrogen-bond donors (Lipinski definition) is 0. The van der Waals surface area contributed by atoms with Gasteiger partial charge in [0.1, 0.15) is 0 Å². The molecule has 0 aromatic heterocycles. The number of ether oxygens (including phenoxy) is 1. The third kappa shape index (κ3) is 3.07. The molecule has 0 aromatic rings. The number of rotatable bonds is 4. The van der Waals surface area contributed by atoms with Crippen molar-refractivity contribution >= 4 is 17.2 Å². The Hall–Kier alpha value is -0.150. The van der Waals surface area contributed by atoms with E-state index in [0.717, 1.165) is 18.1 Å². The van der Waals surface area contributed by atoms with Crippen molar-refractivity contribution in [1.29, 1.82) is 0 Å². The minimum atomic E-state index is 0.205. The van der Waals surface area contributed by atoms with Crippen LogP contribution in [0.1, 0.15) is 26.7 Å². The predicted molar refractivity (Wildman–Crippen MR) is 54.5 cm³/mol. The lowest BCUT2D eigenvalue weighted by Crippen LogP contribution is -2.28. The summed E-state index contributed by atoms with van der Waals surface area (Å²) in [6.45, 7) is 5.80. The van der Waals surface area contributed by atoms with Gasteiger partial charge >= 0.3 is 0 Å². The molecule has 0 saturated heterocycles. The first-order chi connectivity index (χ1) is 5.53. The van der Waals surface area contributed by atoms with Gasteiger partial charge in [0.25, 0.3) is 0 Å². The van der Waals surface area contributed by atoms with E-state index in [4.69, 9.17) is 17.0 Å². The van der Waals surface area contributed by atoms with Crippen molar-refractivity contribution < 1.29 is 4.74 Å². The molecule has 0 atom stereocenters. The fourth-order valence-electron chi connectivity index (χ4n) is 0.907. The van der Waals surface area contributed by atoms with Crippen molar-refractivity contribution in [3.8, 4) is 0 Å². The van der Waals surface area contributed by atoms with Gasteiger partial charge in [-0.25, -0.2) is 0 Å². The number of likely N-dealkylation sites (N-methyl/N-ethyl adjacent to an activating group) is 1. The van der Waals surface area contributed by atoms with Crippen LogP contribution in [0.4, 0.5) is 0 Å². The molecule has 1 fully saturated rings. The molecular weight excluding hydrogens is 170 g/mol. The van der Waals surface area contributed by atoms with Crippen LogP contribution in [0.15, 0.2) is 0 Å². The zero-order valence-corrected chi connectivity index (χ0v) is 8.91. The van der Waals surface area contributed by atoms with Crippen LogP contribution in [-0.2, 0) is 4.74 Å². The Balaban J connectivity index is 2.05. The fraction of sp³-hybridized carbons (Fsp3) is 0.889. The van der Waals surface area contributed by atoms with Crippen molar-refractivity contribution in [3.63, 3.8) is 0 Å². The summed E-state index contributed by atoms with van der Waals surface area (Å²) >= 11 is 5.01. The van der Waals surface area contributed by atoms with Crippen molar-refractivity contribution in [1.82, 2.24) is 4.90 Å². The van der Waals surface area contributed by atoms with Crippen LogP contribution < -0.4 is 0 Å². The minimum absolute atomic E-state index is 0.205. The first kappa shape index (κ1) is 9.93. The molecule has 0 amide bonds. The van der Waals surface area contributed by atoms with E-state index >= 15 is 0 Å². The van der Waals surface area contributed by atoms with Crippen LogP contribution in [0.25, 0.3) is 0 Å². The van der Waals surface area contributed by atoms with Crippen LogP contribution in [0, 0.1) is 0 Å². The Morgan fingerprint density at radius 3 is 2.58 bits per heavy atom. The maximum Gasteiger partial charge on any atom is 0.0746 e. The molecule has 2 nitrogen and oxygen atoms in total. The summed E-state index contributed by atoms with van der Waals surface area (Å²) < 4.78 is 5.66. The average Bonchev–Trinajstić information content (AvgIpc) is 2.68. The number of hydrogen-bond acceptors (Lipinski definition) is 2. The molecule has 12 heavy (non-hydrogen) atoms. The van der Waals surface area contributed by atoms with E-state index < -0.39 is 0 Å². The second kappa shape index (κ2) is 3.71. The molecule has 1 rings (SSSR count). The third-order valence-corrected chi connectivity index (χ3v) is 2.68. The van der Waals surface area contributed by atoms with Gasteiger partial charge in [-0.05, 0) is 26.7 Å². The first-order valence-electron chi connectivity index (χ1n) is 4.39. The molecule has 3 heteroatoms. The molecule has 0 spiro atoms. The lowest BCUT2D eigenvalue weighted by molar-refractivity contribution is 0.0416. The number of thiocarbonyl (C=S) groups is 1. The molecule has 1 aliphatic carbocycles. The zero-order chi connectivity index (χ0) is 9.19.